The minimum absolute atomic E-state index is 0.0442. The van der Waals surface area contributed by atoms with Crippen molar-refractivity contribution in [2.75, 3.05) is 11.9 Å². The van der Waals surface area contributed by atoms with Crippen molar-refractivity contribution in [3.8, 4) is 0 Å². The van der Waals surface area contributed by atoms with Crippen LogP contribution in [0.15, 0.2) is 53.0 Å². The van der Waals surface area contributed by atoms with Gasteiger partial charge < -0.3 is 5.32 Å². The van der Waals surface area contributed by atoms with Crippen molar-refractivity contribution in [1.82, 2.24) is 10.9 Å². The van der Waals surface area contributed by atoms with Crippen molar-refractivity contribution in [1.29, 1.82) is 0 Å². The number of hydrazine groups is 1. The largest absolute Gasteiger partial charge is 0.376 e. The molecule has 5 nitrogen and oxygen atoms in total. The predicted octanol–water partition coefficient (Wildman–Crippen LogP) is 2.98. The zero-order valence-electron chi connectivity index (χ0n) is 11.4. The van der Waals surface area contributed by atoms with Gasteiger partial charge >= 0.3 is 0 Å². The first-order valence-corrected chi connectivity index (χ1v) is 7.56. The Hall–Kier alpha value is -2.05. The summed E-state index contributed by atoms with van der Waals surface area (Å²) in [7, 11) is 0. The van der Waals surface area contributed by atoms with Gasteiger partial charge in [-0.15, -0.1) is 0 Å². The van der Waals surface area contributed by atoms with Gasteiger partial charge in [0.1, 0.15) is 0 Å². The minimum atomic E-state index is -0.409. The molecule has 2 aromatic carbocycles. The van der Waals surface area contributed by atoms with Crippen molar-refractivity contribution in [3.05, 3.63) is 63.6 Å². The second-order valence-corrected chi connectivity index (χ2v) is 5.72. The summed E-state index contributed by atoms with van der Waals surface area (Å²) in [4.78, 5) is 23.4. The summed E-state index contributed by atoms with van der Waals surface area (Å²) >= 11 is 9.07. The van der Waals surface area contributed by atoms with E-state index in [0.29, 0.717) is 10.6 Å². The average Bonchev–Trinajstić information content (AvgIpc) is 2.52. The summed E-state index contributed by atoms with van der Waals surface area (Å²) in [5.41, 5.74) is 5.88. The van der Waals surface area contributed by atoms with Crippen LogP contribution in [0.25, 0.3) is 0 Å². The fourth-order valence-corrected chi connectivity index (χ4v) is 1.98. The Morgan fingerprint density at radius 1 is 0.955 bits per heavy atom. The number of carbonyl (C=O) groups excluding carboxylic acids is 2. The van der Waals surface area contributed by atoms with E-state index in [-0.39, 0.29) is 12.5 Å². The normalized spacial score (nSPS) is 9.91. The van der Waals surface area contributed by atoms with Gasteiger partial charge in [0, 0.05) is 20.7 Å². The number of nitrogens with one attached hydrogen (secondary N) is 3. The Morgan fingerprint density at radius 2 is 1.59 bits per heavy atom. The Labute approximate surface area is 141 Å². The van der Waals surface area contributed by atoms with Crippen LogP contribution in [0.1, 0.15) is 10.4 Å². The maximum atomic E-state index is 11.8. The molecule has 0 spiro atoms. The van der Waals surface area contributed by atoms with E-state index < -0.39 is 5.91 Å². The van der Waals surface area contributed by atoms with E-state index in [2.05, 4.69) is 32.1 Å². The second kappa shape index (κ2) is 7.82. The van der Waals surface area contributed by atoms with E-state index in [9.17, 15) is 9.59 Å². The van der Waals surface area contributed by atoms with Gasteiger partial charge in [-0.05, 0) is 48.5 Å². The monoisotopic (exact) mass is 381 g/mol. The molecule has 7 heteroatoms. The smallest absolute Gasteiger partial charge is 0.269 e. The van der Waals surface area contributed by atoms with E-state index in [1.807, 2.05) is 24.3 Å². The molecule has 0 aliphatic heterocycles. The van der Waals surface area contributed by atoms with Gasteiger partial charge in [0.2, 0.25) is 0 Å². The van der Waals surface area contributed by atoms with Gasteiger partial charge in [-0.1, -0.05) is 27.5 Å². The third kappa shape index (κ3) is 5.05. The number of anilines is 1. The Kier molecular flexibility index (Phi) is 5.80. The number of carbonyl (C=O) groups is 2. The molecule has 0 heterocycles. The summed E-state index contributed by atoms with van der Waals surface area (Å²) in [6.45, 7) is 0.0442. The highest BCUT2D eigenvalue weighted by Gasteiger charge is 2.07. The molecule has 3 N–H and O–H groups in total. The van der Waals surface area contributed by atoms with E-state index in [1.165, 1.54) is 0 Å². The van der Waals surface area contributed by atoms with Gasteiger partial charge in [0.05, 0.1) is 6.54 Å². The number of amides is 2. The summed E-state index contributed by atoms with van der Waals surface area (Å²) in [5, 5.41) is 3.48. The summed E-state index contributed by atoms with van der Waals surface area (Å²) in [6.07, 6.45) is 0. The van der Waals surface area contributed by atoms with Crippen LogP contribution in [0.5, 0.6) is 0 Å². The highest BCUT2D eigenvalue weighted by Crippen LogP contribution is 2.13. The number of halogens is 2. The average molecular weight is 383 g/mol. The lowest BCUT2D eigenvalue weighted by atomic mass is 10.2. The first-order chi connectivity index (χ1) is 10.5. The van der Waals surface area contributed by atoms with E-state index in [4.69, 9.17) is 11.6 Å². The van der Waals surface area contributed by atoms with Gasteiger partial charge in [-0.2, -0.15) is 0 Å². The maximum absolute atomic E-state index is 11.8. The number of rotatable bonds is 4. The molecule has 114 valence electrons. The molecule has 0 aliphatic rings. The first-order valence-electron chi connectivity index (χ1n) is 6.39. The molecule has 0 saturated heterocycles. The maximum Gasteiger partial charge on any atom is 0.269 e. The van der Waals surface area contributed by atoms with Crippen LogP contribution >= 0.6 is 27.5 Å². The van der Waals surface area contributed by atoms with Crippen molar-refractivity contribution >= 4 is 45.0 Å². The summed E-state index contributed by atoms with van der Waals surface area (Å²) < 4.78 is 0.956. The number of hydrogen-bond donors (Lipinski definition) is 3. The van der Waals surface area contributed by atoms with Gasteiger partial charge in [0.15, 0.2) is 0 Å². The van der Waals surface area contributed by atoms with Crippen LogP contribution in [0.4, 0.5) is 5.69 Å². The molecule has 22 heavy (non-hydrogen) atoms. The van der Waals surface area contributed by atoms with Crippen LogP contribution in [-0.4, -0.2) is 18.4 Å². The Morgan fingerprint density at radius 3 is 2.23 bits per heavy atom. The summed E-state index contributed by atoms with van der Waals surface area (Å²) in [5.74, 6) is -0.765. The fourth-order valence-electron chi connectivity index (χ4n) is 1.59. The predicted molar refractivity (Wildman–Crippen MR) is 89.7 cm³/mol. The molecule has 2 rings (SSSR count). The highest BCUT2D eigenvalue weighted by atomic mass is 79.9. The third-order valence-electron chi connectivity index (χ3n) is 2.72. The molecule has 2 amide bonds. The van der Waals surface area contributed by atoms with Gasteiger partial charge in [-0.3, -0.25) is 20.4 Å². The molecular formula is C15H13BrClN3O2. The number of hydrogen-bond acceptors (Lipinski definition) is 3. The van der Waals surface area contributed by atoms with Crippen LogP contribution in [0, 0.1) is 0 Å². The van der Waals surface area contributed by atoms with Crippen LogP contribution in [-0.2, 0) is 4.79 Å². The standard InChI is InChI=1S/C15H13BrClN3O2/c16-11-3-7-13(8-4-11)18-9-14(21)19-20-15(22)10-1-5-12(17)6-2-10/h1-8,18H,9H2,(H,19,21)(H,20,22). The SMILES string of the molecule is O=C(CNc1ccc(Br)cc1)NNC(=O)c1ccc(Cl)cc1. The molecule has 0 radical (unpaired) electrons. The van der Waals surface area contributed by atoms with Crippen LogP contribution < -0.4 is 16.2 Å². The molecule has 0 saturated carbocycles. The van der Waals surface area contributed by atoms with Crippen LogP contribution in [0.3, 0.4) is 0 Å². The van der Waals surface area contributed by atoms with Crippen LogP contribution in [0.2, 0.25) is 5.02 Å². The molecule has 2 aromatic rings. The molecular weight excluding hydrogens is 370 g/mol. The molecule has 0 unspecified atom stereocenters. The molecule has 0 fully saturated rings. The van der Waals surface area contributed by atoms with Crippen molar-refractivity contribution < 1.29 is 9.59 Å². The van der Waals surface area contributed by atoms with Crippen molar-refractivity contribution in [2.45, 2.75) is 0 Å². The van der Waals surface area contributed by atoms with Gasteiger partial charge in [-0.25, -0.2) is 0 Å². The minimum Gasteiger partial charge on any atom is -0.376 e. The quantitative estimate of drug-likeness (QED) is 0.712. The summed E-state index contributed by atoms with van der Waals surface area (Å²) in [6, 6.07) is 13.8. The number of benzene rings is 2. The van der Waals surface area contributed by atoms with E-state index >= 15 is 0 Å². The topological polar surface area (TPSA) is 70.2 Å². The Balaban J connectivity index is 1.76. The van der Waals surface area contributed by atoms with Crippen molar-refractivity contribution in [2.24, 2.45) is 0 Å². The van der Waals surface area contributed by atoms with Gasteiger partial charge in [0.25, 0.3) is 11.8 Å². The molecule has 0 aromatic heterocycles. The highest BCUT2D eigenvalue weighted by molar-refractivity contribution is 9.10. The van der Waals surface area contributed by atoms with Crippen molar-refractivity contribution in [3.63, 3.8) is 0 Å². The molecule has 0 bridgehead atoms. The lowest BCUT2D eigenvalue weighted by Crippen LogP contribution is -2.44. The lowest BCUT2D eigenvalue weighted by Gasteiger charge is -2.09. The van der Waals surface area contributed by atoms with E-state index in [1.54, 1.807) is 24.3 Å². The lowest BCUT2D eigenvalue weighted by molar-refractivity contribution is -0.120. The Bertz CT molecular complexity index is 659. The zero-order valence-corrected chi connectivity index (χ0v) is 13.7. The molecule has 0 atom stereocenters. The zero-order chi connectivity index (χ0) is 15.9. The van der Waals surface area contributed by atoms with E-state index in [0.717, 1.165) is 10.2 Å². The fraction of sp³-hybridized carbons (Fsp3) is 0.0667. The first kappa shape index (κ1) is 16.3. The third-order valence-corrected chi connectivity index (χ3v) is 3.50. The molecule has 0 aliphatic carbocycles. The second-order valence-electron chi connectivity index (χ2n) is 4.37.